The van der Waals surface area contributed by atoms with Crippen LogP contribution in [-0.4, -0.2) is 45.1 Å². The second-order valence-corrected chi connectivity index (χ2v) is 7.66. The van der Waals surface area contributed by atoms with Gasteiger partial charge >= 0.3 is 0 Å². The minimum atomic E-state index is -3.73. The fraction of sp³-hybridized carbons (Fsp3) is 0.538. The molecule has 5 nitrogen and oxygen atoms in total. The van der Waals surface area contributed by atoms with Crippen LogP contribution in [0.3, 0.4) is 0 Å². The summed E-state index contributed by atoms with van der Waals surface area (Å²) in [6.07, 6.45) is 1.23. The average molecular weight is 353 g/mol. The molecule has 2 unspecified atom stereocenters. The molecule has 0 amide bonds. The zero-order valence-corrected chi connectivity index (χ0v) is 14.0. The summed E-state index contributed by atoms with van der Waals surface area (Å²) in [5, 5.41) is 0.484. The van der Waals surface area contributed by atoms with Crippen LogP contribution in [0, 0.1) is 0 Å². The lowest BCUT2D eigenvalue weighted by Crippen LogP contribution is -2.51. The monoisotopic (exact) mass is 352 g/mol. The molecule has 2 rings (SSSR count). The molecule has 0 aromatic heterocycles. The summed E-state index contributed by atoms with van der Waals surface area (Å²) in [5.41, 5.74) is 5.73. The van der Waals surface area contributed by atoms with E-state index in [2.05, 4.69) is 0 Å². The summed E-state index contributed by atoms with van der Waals surface area (Å²) >= 11 is 11.9. The Hall–Kier alpha value is -0.370. The number of ether oxygens (including phenoxy) is 1. The minimum Gasteiger partial charge on any atom is -0.381 e. The first kappa shape index (κ1) is 17.0. The van der Waals surface area contributed by atoms with Gasteiger partial charge in [0.15, 0.2) is 0 Å². The summed E-state index contributed by atoms with van der Waals surface area (Å²) in [4.78, 5) is 0.0194. The van der Waals surface area contributed by atoms with Crippen molar-refractivity contribution in [2.75, 3.05) is 20.2 Å². The van der Waals surface area contributed by atoms with Gasteiger partial charge in [-0.25, -0.2) is 8.42 Å². The molecule has 0 aliphatic carbocycles. The van der Waals surface area contributed by atoms with Crippen LogP contribution in [0.2, 0.25) is 10.0 Å². The fourth-order valence-electron chi connectivity index (χ4n) is 2.54. The van der Waals surface area contributed by atoms with Crippen molar-refractivity contribution in [1.82, 2.24) is 4.31 Å². The fourth-order valence-corrected chi connectivity index (χ4v) is 4.94. The normalized spacial score (nSPS) is 24.2. The Balaban J connectivity index is 2.36. The van der Waals surface area contributed by atoms with Gasteiger partial charge in [0, 0.05) is 31.3 Å². The van der Waals surface area contributed by atoms with E-state index >= 15 is 0 Å². The third kappa shape index (κ3) is 3.52. The topological polar surface area (TPSA) is 72.6 Å². The molecule has 2 N–H and O–H groups in total. The van der Waals surface area contributed by atoms with E-state index in [1.54, 1.807) is 13.2 Å². The molecule has 1 fully saturated rings. The molecule has 118 valence electrons. The minimum absolute atomic E-state index is 0.0194. The number of sulfonamides is 1. The predicted molar refractivity (Wildman–Crippen MR) is 83.2 cm³/mol. The van der Waals surface area contributed by atoms with Gasteiger partial charge in [-0.05, 0) is 31.0 Å². The number of nitrogens with two attached hydrogens (primary N) is 1. The molecule has 1 heterocycles. The molecular weight excluding hydrogens is 335 g/mol. The third-order valence-corrected chi connectivity index (χ3v) is 6.37. The number of halogens is 2. The first-order valence-electron chi connectivity index (χ1n) is 6.60. The zero-order chi connectivity index (χ0) is 15.6. The van der Waals surface area contributed by atoms with Crippen molar-refractivity contribution in [3.8, 4) is 0 Å². The highest BCUT2D eigenvalue weighted by Gasteiger charge is 2.37. The summed E-state index contributed by atoms with van der Waals surface area (Å²) < 4.78 is 32.3. The van der Waals surface area contributed by atoms with Crippen LogP contribution in [0.25, 0.3) is 0 Å². The van der Waals surface area contributed by atoms with Crippen molar-refractivity contribution < 1.29 is 13.2 Å². The van der Waals surface area contributed by atoms with Gasteiger partial charge < -0.3 is 10.5 Å². The highest BCUT2D eigenvalue weighted by atomic mass is 35.5. The number of hydrogen-bond donors (Lipinski definition) is 1. The van der Waals surface area contributed by atoms with Crippen molar-refractivity contribution in [2.24, 2.45) is 5.73 Å². The molecule has 1 aliphatic rings. The molecule has 1 aliphatic heterocycles. The molecular formula is C13H18Cl2N2O3S. The molecule has 0 radical (unpaired) electrons. The smallest absolute Gasteiger partial charge is 0.244 e. The maximum atomic E-state index is 12.8. The number of methoxy groups -OCH3 is 1. The standard InChI is InChI=1S/C13H18Cl2N2O3S/c1-20-11-4-5-17(10(7-11)8-16)21(18,19)13-6-9(14)2-3-12(13)15/h2-3,6,10-11H,4-5,7-8,16H2,1H3. The Morgan fingerprint density at radius 2 is 2.14 bits per heavy atom. The Kier molecular flexibility index (Phi) is 5.51. The molecule has 1 aromatic rings. The maximum absolute atomic E-state index is 12.8. The number of benzene rings is 1. The number of piperidine rings is 1. The van der Waals surface area contributed by atoms with Crippen molar-refractivity contribution in [1.29, 1.82) is 0 Å². The van der Waals surface area contributed by atoms with E-state index in [0.717, 1.165) is 0 Å². The van der Waals surface area contributed by atoms with Crippen molar-refractivity contribution in [3.63, 3.8) is 0 Å². The average Bonchev–Trinajstić information content (AvgIpc) is 2.48. The SMILES string of the molecule is COC1CCN(S(=O)(=O)c2cc(Cl)ccc2Cl)C(CN)C1. The Labute approximate surface area is 135 Å². The summed E-state index contributed by atoms with van der Waals surface area (Å²) in [6.45, 7) is 0.586. The highest BCUT2D eigenvalue weighted by molar-refractivity contribution is 7.89. The van der Waals surface area contributed by atoms with E-state index in [1.165, 1.54) is 16.4 Å². The second-order valence-electron chi connectivity index (χ2n) is 4.96. The van der Waals surface area contributed by atoms with Crippen molar-refractivity contribution in [3.05, 3.63) is 28.2 Å². The lowest BCUT2D eigenvalue weighted by atomic mass is 10.0. The van der Waals surface area contributed by atoms with E-state index in [-0.39, 0.29) is 28.6 Å². The van der Waals surface area contributed by atoms with Gasteiger partial charge in [-0.3, -0.25) is 0 Å². The Bertz CT molecular complexity index is 609. The largest absolute Gasteiger partial charge is 0.381 e. The van der Waals surface area contributed by atoms with Crippen LogP contribution < -0.4 is 5.73 Å². The zero-order valence-electron chi connectivity index (χ0n) is 11.6. The quantitative estimate of drug-likeness (QED) is 0.900. The lowest BCUT2D eigenvalue weighted by Gasteiger charge is -2.37. The molecule has 2 atom stereocenters. The van der Waals surface area contributed by atoms with Gasteiger partial charge in [0.1, 0.15) is 4.90 Å². The Morgan fingerprint density at radius 1 is 1.43 bits per heavy atom. The molecule has 1 saturated heterocycles. The van der Waals surface area contributed by atoms with Gasteiger partial charge in [0.05, 0.1) is 11.1 Å². The molecule has 21 heavy (non-hydrogen) atoms. The first-order valence-corrected chi connectivity index (χ1v) is 8.79. The van der Waals surface area contributed by atoms with Crippen LogP contribution in [0.15, 0.2) is 23.1 Å². The first-order chi connectivity index (χ1) is 9.90. The predicted octanol–water partition coefficient (Wildman–Crippen LogP) is 2.12. The molecule has 8 heteroatoms. The highest BCUT2D eigenvalue weighted by Crippen LogP contribution is 2.31. The molecule has 1 aromatic carbocycles. The Morgan fingerprint density at radius 3 is 2.76 bits per heavy atom. The second kappa shape index (κ2) is 6.81. The van der Waals surface area contributed by atoms with Crippen molar-refractivity contribution >= 4 is 33.2 Å². The van der Waals surface area contributed by atoms with Gasteiger partial charge in [-0.2, -0.15) is 4.31 Å². The number of rotatable bonds is 4. The van der Waals surface area contributed by atoms with E-state index < -0.39 is 10.0 Å². The molecule has 0 spiro atoms. The number of nitrogens with zero attached hydrogens (tertiary/aromatic N) is 1. The number of hydrogen-bond acceptors (Lipinski definition) is 4. The summed E-state index contributed by atoms with van der Waals surface area (Å²) in [7, 11) is -2.11. The third-order valence-electron chi connectivity index (χ3n) is 3.70. The van der Waals surface area contributed by atoms with Gasteiger partial charge in [0.2, 0.25) is 10.0 Å². The van der Waals surface area contributed by atoms with E-state index in [1.807, 2.05) is 0 Å². The van der Waals surface area contributed by atoms with Crippen molar-refractivity contribution in [2.45, 2.75) is 29.9 Å². The molecule has 0 bridgehead atoms. The lowest BCUT2D eigenvalue weighted by molar-refractivity contribution is 0.0401. The molecule has 0 saturated carbocycles. The summed E-state index contributed by atoms with van der Waals surface area (Å²) in [6, 6.07) is 4.11. The van der Waals surface area contributed by atoms with Crippen LogP contribution in [0.4, 0.5) is 0 Å². The van der Waals surface area contributed by atoms with E-state index in [4.69, 9.17) is 33.7 Å². The maximum Gasteiger partial charge on any atom is 0.244 e. The van der Waals surface area contributed by atoms with Crippen LogP contribution in [0.1, 0.15) is 12.8 Å². The van der Waals surface area contributed by atoms with Crippen LogP contribution in [0.5, 0.6) is 0 Å². The summed E-state index contributed by atoms with van der Waals surface area (Å²) in [5.74, 6) is 0. The van der Waals surface area contributed by atoms with Gasteiger partial charge in [-0.1, -0.05) is 23.2 Å². The van der Waals surface area contributed by atoms with Gasteiger partial charge in [-0.15, -0.1) is 0 Å². The van der Waals surface area contributed by atoms with E-state index in [9.17, 15) is 8.42 Å². The van der Waals surface area contributed by atoms with E-state index in [0.29, 0.717) is 24.4 Å². The van der Waals surface area contributed by atoms with Crippen LogP contribution >= 0.6 is 23.2 Å². The van der Waals surface area contributed by atoms with Crippen LogP contribution in [-0.2, 0) is 14.8 Å². The van der Waals surface area contributed by atoms with Gasteiger partial charge in [0.25, 0.3) is 0 Å².